The van der Waals surface area contributed by atoms with E-state index in [1.165, 1.54) is 0 Å². The highest BCUT2D eigenvalue weighted by Crippen LogP contribution is 2.50. The highest BCUT2D eigenvalue weighted by molar-refractivity contribution is 9.10. The second-order valence-corrected chi connectivity index (χ2v) is 8.42. The van der Waals surface area contributed by atoms with Crippen LogP contribution in [0, 0.1) is 12.8 Å². The lowest BCUT2D eigenvalue weighted by atomic mass is 9.79. The van der Waals surface area contributed by atoms with Crippen LogP contribution in [-0.2, 0) is 9.53 Å². The third-order valence-electron chi connectivity index (χ3n) is 5.36. The maximum absolute atomic E-state index is 13.1. The summed E-state index contributed by atoms with van der Waals surface area (Å²) >= 11 is 9.24. The second kappa shape index (κ2) is 7.04. The third-order valence-corrected chi connectivity index (χ3v) is 6.15. The van der Waals surface area contributed by atoms with Gasteiger partial charge in [0.1, 0.15) is 11.7 Å². The number of halogens is 1. The van der Waals surface area contributed by atoms with Crippen LogP contribution in [0.25, 0.3) is 0 Å². The average Bonchev–Trinajstić information content (AvgIpc) is 2.63. The van der Waals surface area contributed by atoms with E-state index in [0.29, 0.717) is 11.7 Å². The molecule has 7 heteroatoms. The molecule has 2 heterocycles. The first kappa shape index (κ1) is 19.2. The van der Waals surface area contributed by atoms with E-state index in [9.17, 15) is 4.79 Å². The molecule has 1 N–H and O–H groups in total. The van der Waals surface area contributed by atoms with E-state index >= 15 is 0 Å². The molecule has 28 heavy (non-hydrogen) atoms. The molecular weight excluding hydrogens is 440 g/mol. The third kappa shape index (κ3) is 2.88. The van der Waals surface area contributed by atoms with Crippen molar-refractivity contribution in [3.8, 4) is 5.75 Å². The summed E-state index contributed by atoms with van der Waals surface area (Å²) in [6, 6.07) is 13.4. The number of nitrogens with one attached hydrogen (secondary N) is 1. The van der Waals surface area contributed by atoms with E-state index in [4.69, 9.17) is 21.7 Å². The summed E-state index contributed by atoms with van der Waals surface area (Å²) in [5.41, 5.74) is 1.80. The number of esters is 1. The number of ether oxygens (including phenoxy) is 2. The quantitative estimate of drug-likeness (QED) is 0.538. The SMILES string of the molecule is CCOC(=O)[C@H]1[C@H]2NC(=S)N(c3ccccc3C)[C@@]1(C)Oc1ccc(Br)cc12. The topological polar surface area (TPSA) is 50.8 Å². The summed E-state index contributed by atoms with van der Waals surface area (Å²) in [7, 11) is 0. The summed E-state index contributed by atoms with van der Waals surface area (Å²) in [5, 5.41) is 3.90. The Labute approximate surface area is 178 Å². The molecule has 2 bridgehead atoms. The number of anilines is 1. The molecule has 0 unspecified atom stereocenters. The average molecular weight is 461 g/mol. The molecule has 0 aliphatic carbocycles. The van der Waals surface area contributed by atoms with Crippen molar-refractivity contribution in [2.24, 2.45) is 5.92 Å². The predicted molar refractivity (Wildman–Crippen MR) is 115 cm³/mol. The Balaban J connectivity index is 1.92. The summed E-state index contributed by atoms with van der Waals surface area (Å²) < 4.78 is 12.8. The molecule has 0 spiro atoms. The molecule has 0 aromatic heterocycles. The van der Waals surface area contributed by atoms with Crippen molar-refractivity contribution in [3.05, 3.63) is 58.1 Å². The van der Waals surface area contributed by atoms with Gasteiger partial charge in [-0.25, -0.2) is 0 Å². The minimum Gasteiger partial charge on any atom is -0.466 e. The van der Waals surface area contributed by atoms with Crippen LogP contribution < -0.4 is 15.0 Å². The lowest BCUT2D eigenvalue weighted by Crippen LogP contribution is -2.72. The van der Waals surface area contributed by atoms with Gasteiger partial charge in [0.15, 0.2) is 5.11 Å². The summed E-state index contributed by atoms with van der Waals surface area (Å²) in [6.45, 7) is 6.03. The van der Waals surface area contributed by atoms with Crippen LogP contribution in [0.1, 0.15) is 31.0 Å². The number of carbonyl (C=O) groups is 1. The van der Waals surface area contributed by atoms with Crippen molar-refractivity contribution in [1.82, 2.24) is 5.32 Å². The number of hydrogen-bond donors (Lipinski definition) is 1. The van der Waals surface area contributed by atoms with Crippen molar-refractivity contribution < 1.29 is 14.3 Å². The van der Waals surface area contributed by atoms with Gasteiger partial charge >= 0.3 is 5.97 Å². The number of fused-ring (bicyclic) bond motifs is 4. The van der Waals surface area contributed by atoms with Gasteiger partial charge in [-0.1, -0.05) is 34.1 Å². The molecule has 0 saturated carbocycles. The van der Waals surface area contributed by atoms with Gasteiger partial charge in [-0.3, -0.25) is 9.69 Å². The van der Waals surface area contributed by atoms with Gasteiger partial charge in [0, 0.05) is 15.7 Å². The zero-order valence-electron chi connectivity index (χ0n) is 15.9. The normalized spacial score (nSPS) is 25.4. The Morgan fingerprint density at radius 1 is 1.36 bits per heavy atom. The number of benzene rings is 2. The van der Waals surface area contributed by atoms with E-state index in [-0.39, 0.29) is 12.0 Å². The Morgan fingerprint density at radius 3 is 2.82 bits per heavy atom. The number of aryl methyl sites for hydroxylation is 1. The fourth-order valence-electron chi connectivity index (χ4n) is 4.12. The Bertz CT molecular complexity index is 966. The number of para-hydroxylation sites is 1. The fraction of sp³-hybridized carbons (Fsp3) is 0.333. The molecular formula is C21H21BrN2O3S. The van der Waals surface area contributed by atoms with Crippen molar-refractivity contribution in [3.63, 3.8) is 0 Å². The van der Waals surface area contributed by atoms with E-state index in [2.05, 4.69) is 21.2 Å². The van der Waals surface area contributed by atoms with Crippen LogP contribution in [0.5, 0.6) is 5.75 Å². The molecule has 146 valence electrons. The van der Waals surface area contributed by atoms with Gasteiger partial charge in [0.2, 0.25) is 5.72 Å². The zero-order chi connectivity index (χ0) is 20.1. The van der Waals surface area contributed by atoms with Gasteiger partial charge in [0.25, 0.3) is 0 Å². The van der Waals surface area contributed by atoms with Gasteiger partial charge in [0.05, 0.1) is 12.6 Å². The molecule has 2 aliphatic rings. The lowest BCUT2D eigenvalue weighted by Gasteiger charge is -2.55. The number of nitrogens with zero attached hydrogens (tertiary/aromatic N) is 1. The molecule has 5 nitrogen and oxygen atoms in total. The number of rotatable bonds is 3. The molecule has 2 aromatic carbocycles. The lowest BCUT2D eigenvalue weighted by molar-refractivity contribution is -0.159. The summed E-state index contributed by atoms with van der Waals surface area (Å²) in [4.78, 5) is 15.0. The fourth-order valence-corrected chi connectivity index (χ4v) is 4.91. The highest BCUT2D eigenvalue weighted by atomic mass is 79.9. The molecule has 2 aromatic rings. The minimum absolute atomic E-state index is 0.304. The van der Waals surface area contributed by atoms with Gasteiger partial charge in [-0.2, -0.15) is 0 Å². The Morgan fingerprint density at radius 2 is 2.11 bits per heavy atom. The predicted octanol–water partition coefficient (Wildman–Crippen LogP) is 4.48. The number of hydrogen-bond acceptors (Lipinski definition) is 4. The van der Waals surface area contributed by atoms with Crippen LogP contribution in [0.3, 0.4) is 0 Å². The smallest absolute Gasteiger partial charge is 0.317 e. The second-order valence-electron chi connectivity index (χ2n) is 7.12. The Kier molecular flexibility index (Phi) is 4.83. The molecule has 4 rings (SSSR count). The van der Waals surface area contributed by atoms with Gasteiger partial charge < -0.3 is 14.8 Å². The first-order valence-electron chi connectivity index (χ1n) is 9.18. The molecule has 0 radical (unpaired) electrons. The van der Waals surface area contributed by atoms with Crippen LogP contribution in [0.2, 0.25) is 0 Å². The largest absolute Gasteiger partial charge is 0.466 e. The zero-order valence-corrected chi connectivity index (χ0v) is 18.3. The minimum atomic E-state index is -1.02. The molecule has 3 atom stereocenters. The van der Waals surface area contributed by atoms with E-state index in [0.717, 1.165) is 27.0 Å². The van der Waals surface area contributed by atoms with Gasteiger partial charge in [-0.05, 0) is 62.8 Å². The summed E-state index contributed by atoms with van der Waals surface area (Å²) in [6.07, 6.45) is 0. The maximum atomic E-state index is 13.1. The number of carbonyl (C=O) groups excluding carboxylic acids is 1. The molecule has 2 aliphatic heterocycles. The van der Waals surface area contributed by atoms with Crippen LogP contribution >= 0.6 is 28.1 Å². The molecule has 0 amide bonds. The van der Waals surface area contributed by atoms with Gasteiger partial charge in [-0.15, -0.1) is 0 Å². The van der Waals surface area contributed by atoms with Crippen molar-refractivity contribution in [1.29, 1.82) is 0 Å². The van der Waals surface area contributed by atoms with Crippen molar-refractivity contribution in [2.45, 2.75) is 32.5 Å². The van der Waals surface area contributed by atoms with E-state index < -0.39 is 11.6 Å². The maximum Gasteiger partial charge on any atom is 0.317 e. The number of thiocarbonyl (C=S) groups is 1. The van der Waals surface area contributed by atoms with E-state index in [1.807, 2.05) is 61.2 Å². The van der Waals surface area contributed by atoms with E-state index in [1.54, 1.807) is 6.92 Å². The molecule has 1 saturated heterocycles. The first-order valence-corrected chi connectivity index (χ1v) is 10.4. The van der Waals surface area contributed by atoms with Crippen LogP contribution in [-0.4, -0.2) is 23.4 Å². The van der Waals surface area contributed by atoms with Crippen molar-refractivity contribution >= 4 is 44.9 Å². The Hall–Kier alpha value is -2.12. The molecule has 1 fully saturated rings. The highest BCUT2D eigenvalue weighted by Gasteiger charge is 2.60. The first-order chi connectivity index (χ1) is 13.4. The monoisotopic (exact) mass is 460 g/mol. The summed E-state index contributed by atoms with van der Waals surface area (Å²) in [5.74, 6) is -0.181. The standard InChI is InChI=1S/C21H21BrN2O3S/c1-4-26-19(25)17-18-14-11-13(22)9-10-16(14)27-21(17,3)24(20(28)23-18)15-8-6-5-7-12(15)2/h5-11,17-18H,4H2,1-3H3,(H,23,28)/t17-,18+,21+/m1/s1. The van der Waals surface area contributed by atoms with Crippen LogP contribution in [0.4, 0.5) is 5.69 Å². The van der Waals surface area contributed by atoms with Crippen molar-refractivity contribution in [2.75, 3.05) is 11.5 Å². The van der Waals surface area contributed by atoms with Crippen LogP contribution in [0.15, 0.2) is 46.9 Å².